The maximum absolute atomic E-state index is 5.72. The number of methoxy groups -OCH3 is 1. The van der Waals surface area contributed by atoms with E-state index in [1.54, 1.807) is 7.11 Å². The Labute approximate surface area is 163 Å². The Morgan fingerprint density at radius 1 is 1.30 bits per heavy atom. The molecule has 2 unspecified atom stereocenters. The van der Waals surface area contributed by atoms with E-state index in [0.29, 0.717) is 6.10 Å². The number of guanidine groups is 1. The van der Waals surface area contributed by atoms with E-state index < -0.39 is 0 Å². The number of nitrogens with one attached hydrogen (secondary N) is 2. The average molecular weight is 375 g/mol. The second kappa shape index (κ2) is 10.5. The van der Waals surface area contributed by atoms with Crippen molar-refractivity contribution in [3.63, 3.8) is 0 Å². The first kappa shape index (κ1) is 20.0. The Morgan fingerprint density at radius 2 is 2.15 bits per heavy atom. The minimum atomic E-state index is 0.279. The van der Waals surface area contributed by atoms with Gasteiger partial charge in [-0.1, -0.05) is 12.1 Å². The largest absolute Gasteiger partial charge is 0.497 e. The van der Waals surface area contributed by atoms with Crippen LogP contribution < -0.4 is 15.4 Å². The van der Waals surface area contributed by atoms with E-state index >= 15 is 0 Å². The lowest BCUT2D eigenvalue weighted by molar-refractivity contribution is 0.113. The van der Waals surface area contributed by atoms with Crippen molar-refractivity contribution in [2.75, 3.05) is 46.4 Å². The summed E-state index contributed by atoms with van der Waals surface area (Å²) in [5, 5.41) is 6.82. The molecule has 2 N–H and O–H groups in total. The SMILES string of the molecule is CCNC(=NCC(c1cccc(OC)c1)N1CCCC1)NCC1CCCO1. The number of ether oxygens (including phenoxy) is 2. The zero-order valence-corrected chi connectivity index (χ0v) is 16.7. The molecule has 2 aliphatic heterocycles. The summed E-state index contributed by atoms with van der Waals surface area (Å²) in [6.45, 7) is 7.66. The van der Waals surface area contributed by atoms with Crippen LogP contribution in [-0.4, -0.2) is 63.4 Å². The van der Waals surface area contributed by atoms with Gasteiger partial charge in [-0.15, -0.1) is 0 Å². The summed E-state index contributed by atoms with van der Waals surface area (Å²) >= 11 is 0. The molecule has 0 spiro atoms. The van der Waals surface area contributed by atoms with Crippen LogP contribution in [-0.2, 0) is 4.74 Å². The molecule has 3 rings (SSSR count). The predicted octanol–water partition coefficient (Wildman–Crippen LogP) is 2.57. The maximum Gasteiger partial charge on any atom is 0.191 e. The molecular weight excluding hydrogens is 340 g/mol. The fourth-order valence-corrected chi connectivity index (χ4v) is 3.87. The van der Waals surface area contributed by atoms with Gasteiger partial charge in [0, 0.05) is 19.7 Å². The lowest BCUT2D eigenvalue weighted by Crippen LogP contribution is -2.41. The third kappa shape index (κ3) is 5.84. The third-order valence-corrected chi connectivity index (χ3v) is 5.35. The molecule has 6 nitrogen and oxygen atoms in total. The summed E-state index contributed by atoms with van der Waals surface area (Å²) in [5.41, 5.74) is 1.27. The van der Waals surface area contributed by atoms with Gasteiger partial charge in [-0.25, -0.2) is 0 Å². The molecule has 6 heteroatoms. The molecule has 0 saturated carbocycles. The lowest BCUT2D eigenvalue weighted by Gasteiger charge is -2.27. The van der Waals surface area contributed by atoms with E-state index in [0.717, 1.165) is 63.9 Å². The van der Waals surface area contributed by atoms with Crippen LogP contribution in [0, 0.1) is 0 Å². The van der Waals surface area contributed by atoms with Gasteiger partial charge in [0.15, 0.2) is 5.96 Å². The molecule has 2 saturated heterocycles. The number of hydrogen-bond acceptors (Lipinski definition) is 4. The van der Waals surface area contributed by atoms with Crippen LogP contribution in [0.4, 0.5) is 0 Å². The van der Waals surface area contributed by atoms with Gasteiger partial charge in [0.25, 0.3) is 0 Å². The van der Waals surface area contributed by atoms with Gasteiger partial charge < -0.3 is 20.1 Å². The van der Waals surface area contributed by atoms with Gasteiger partial charge in [0.1, 0.15) is 5.75 Å². The van der Waals surface area contributed by atoms with Crippen LogP contribution in [0.3, 0.4) is 0 Å². The van der Waals surface area contributed by atoms with Crippen molar-refractivity contribution in [3.8, 4) is 5.75 Å². The number of benzene rings is 1. The number of rotatable bonds is 8. The molecule has 0 bridgehead atoms. The number of aliphatic imine (C=N–C) groups is 1. The summed E-state index contributed by atoms with van der Waals surface area (Å²) in [7, 11) is 1.72. The van der Waals surface area contributed by atoms with Crippen LogP contribution >= 0.6 is 0 Å². The second-order valence-corrected chi connectivity index (χ2v) is 7.27. The molecule has 150 valence electrons. The molecule has 2 fully saturated rings. The Bertz CT molecular complexity index is 596. The average Bonchev–Trinajstić information content (AvgIpc) is 3.40. The highest BCUT2D eigenvalue weighted by molar-refractivity contribution is 5.79. The summed E-state index contributed by atoms with van der Waals surface area (Å²) in [4.78, 5) is 7.45. The zero-order chi connectivity index (χ0) is 18.9. The highest BCUT2D eigenvalue weighted by Crippen LogP contribution is 2.27. The minimum absolute atomic E-state index is 0.279. The van der Waals surface area contributed by atoms with Crippen molar-refractivity contribution in [2.24, 2.45) is 4.99 Å². The van der Waals surface area contributed by atoms with Crippen molar-refractivity contribution < 1.29 is 9.47 Å². The van der Waals surface area contributed by atoms with Crippen molar-refractivity contribution in [3.05, 3.63) is 29.8 Å². The van der Waals surface area contributed by atoms with Gasteiger partial charge in [-0.3, -0.25) is 9.89 Å². The van der Waals surface area contributed by atoms with Crippen LogP contribution in [0.5, 0.6) is 5.75 Å². The highest BCUT2D eigenvalue weighted by atomic mass is 16.5. The molecule has 1 aromatic rings. The number of hydrogen-bond donors (Lipinski definition) is 2. The Hall–Kier alpha value is -1.79. The van der Waals surface area contributed by atoms with Crippen LogP contribution in [0.2, 0.25) is 0 Å². The van der Waals surface area contributed by atoms with E-state index in [4.69, 9.17) is 14.5 Å². The number of likely N-dealkylation sites (tertiary alicyclic amines) is 1. The van der Waals surface area contributed by atoms with E-state index in [-0.39, 0.29) is 6.04 Å². The van der Waals surface area contributed by atoms with E-state index in [1.807, 2.05) is 6.07 Å². The molecule has 0 radical (unpaired) electrons. The quantitative estimate of drug-likeness (QED) is 0.541. The van der Waals surface area contributed by atoms with Crippen LogP contribution in [0.25, 0.3) is 0 Å². The first-order valence-electron chi connectivity index (χ1n) is 10.3. The molecule has 0 amide bonds. The Balaban J connectivity index is 1.69. The molecular formula is C21H34N4O2. The molecule has 27 heavy (non-hydrogen) atoms. The number of nitrogens with zero attached hydrogens (tertiary/aromatic N) is 2. The lowest BCUT2D eigenvalue weighted by atomic mass is 10.1. The summed E-state index contributed by atoms with van der Waals surface area (Å²) in [6.07, 6.45) is 5.13. The Kier molecular flexibility index (Phi) is 7.78. The smallest absolute Gasteiger partial charge is 0.191 e. The first-order valence-corrected chi connectivity index (χ1v) is 10.3. The Morgan fingerprint density at radius 3 is 2.85 bits per heavy atom. The maximum atomic E-state index is 5.72. The zero-order valence-electron chi connectivity index (χ0n) is 16.7. The summed E-state index contributed by atoms with van der Waals surface area (Å²) in [5.74, 6) is 1.78. The van der Waals surface area contributed by atoms with Gasteiger partial charge in [-0.05, 0) is 63.4 Å². The summed E-state index contributed by atoms with van der Waals surface area (Å²) < 4.78 is 11.2. The van der Waals surface area contributed by atoms with E-state index in [1.165, 1.54) is 18.4 Å². The molecule has 0 aromatic heterocycles. The van der Waals surface area contributed by atoms with Gasteiger partial charge in [-0.2, -0.15) is 0 Å². The van der Waals surface area contributed by atoms with Crippen molar-refractivity contribution in [2.45, 2.75) is 44.8 Å². The molecule has 0 aliphatic carbocycles. The van der Waals surface area contributed by atoms with E-state index in [2.05, 4.69) is 40.7 Å². The topological polar surface area (TPSA) is 58.1 Å². The fraction of sp³-hybridized carbons (Fsp3) is 0.667. The standard InChI is InChI=1S/C21H34N4O2/c1-3-22-21(23-15-19-10-7-13-27-19)24-16-20(25-11-4-5-12-25)17-8-6-9-18(14-17)26-2/h6,8-9,14,19-20H,3-5,7,10-13,15-16H2,1-2H3,(H2,22,23,24). The van der Waals surface area contributed by atoms with Crippen molar-refractivity contribution >= 4 is 5.96 Å². The molecule has 2 aliphatic rings. The van der Waals surface area contributed by atoms with E-state index in [9.17, 15) is 0 Å². The fourth-order valence-electron chi connectivity index (χ4n) is 3.87. The monoisotopic (exact) mass is 374 g/mol. The molecule has 2 heterocycles. The summed E-state index contributed by atoms with van der Waals surface area (Å²) in [6, 6.07) is 8.68. The molecule has 2 atom stereocenters. The second-order valence-electron chi connectivity index (χ2n) is 7.27. The van der Waals surface area contributed by atoms with Crippen molar-refractivity contribution in [1.82, 2.24) is 15.5 Å². The van der Waals surface area contributed by atoms with Crippen LogP contribution in [0.1, 0.15) is 44.2 Å². The highest BCUT2D eigenvalue weighted by Gasteiger charge is 2.24. The first-order chi connectivity index (χ1) is 13.3. The van der Waals surface area contributed by atoms with Crippen LogP contribution in [0.15, 0.2) is 29.3 Å². The predicted molar refractivity (Wildman–Crippen MR) is 109 cm³/mol. The van der Waals surface area contributed by atoms with Gasteiger partial charge in [0.2, 0.25) is 0 Å². The van der Waals surface area contributed by atoms with Crippen molar-refractivity contribution in [1.29, 1.82) is 0 Å². The normalized spacial score (nSPS) is 22.0. The van der Waals surface area contributed by atoms with Gasteiger partial charge in [0.05, 0.1) is 25.8 Å². The molecule has 1 aromatic carbocycles. The van der Waals surface area contributed by atoms with Gasteiger partial charge >= 0.3 is 0 Å². The minimum Gasteiger partial charge on any atom is -0.497 e. The third-order valence-electron chi connectivity index (χ3n) is 5.35.